The van der Waals surface area contributed by atoms with Crippen LogP contribution in [-0.2, 0) is 4.74 Å². The topological polar surface area (TPSA) is 54.5 Å². The first-order chi connectivity index (χ1) is 9.53. The molecule has 1 aromatic heterocycles. The number of aromatic nitrogens is 1. The quantitative estimate of drug-likeness (QED) is 0.832. The van der Waals surface area contributed by atoms with Gasteiger partial charge in [0.25, 0.3) is 5.91 Å². The molecule has 0 radical (unpaired) electrons. The Morgan fingerprint density at radius 1 is 1.45 bits per heavy atom. The molecule has 0 aliphatic heterocycles. The SMILES string of the molecule is CCN(CCOC)C(=O)c1cc(NC)nc(C(C)C)c1. The molecule has 0 spiro atoms. The Balaban J connectivity index is 3.03. The van der Waals surface area contributed by atoms with Gasteiger partial charge in [-0.05, 0) is 25.0 Å². The Morgan fingerprint density at radius 2 is 2.15 bits per heavy atom. The fraction of sp³-hybridized carbons (Fsp3) is 0.600. The third-order valence-electron chi connectivity index (χ3n) is 3.17. The average Bonchev–Trinajstić information content (AvgIpc) is 2.47. The number of anilines is 1. The summed E-state index contributed by atoms with van der Waals surface area (Å²) in [5, 5.41) is 3.01. The fourth-order valence-electron chi connectivity index (χ4n) is 1.89. The first kappa shape index (κ1) is 16.4. The molecule has 0 aromatic carbocycles. The number of ether oxygens (including phenoxy) is 1. The molecule has 1 rings (SSSR count). The summed E-state index contributed by atoms with van der Waals surface area (Å²) in [7, 11) is 3.45. The van der Waals surface area contributed by atoms with Crippen molar-refractivity contribution in [3.63, 3.8) is 0 Å². The van der Waals surface area contributed by atoms with Gasteiger partial charge in [0.05, 0.1) is 6.61 Å². The van der Waals surface area contributed by atoms with Crippen molar-refractivity contribution < 1.29 is 9.53 Å². The maximum absolute atomic E-state index is 12.5. The summed E-state index contributed by atoms with van der Waals surface area (Å²) in [6, 6.07) is 3.67. The zero-order valence-corrected chi connectivity index (χ0v) is 13.1. The lowest BCUT2D eigenvalue weighted by atomic mass is 10.1. The summed E-state index contributed by atoms with van der Waals surface area (Å²) in [5.41, 5.74) is 1.59. The van der Waals surface area contributed by atoms with Crippen LogP contribution >= 0.6 is 0 Å². The fourth-order valence-corrected chi connectivity index (χ4v) is 1.89. The molecule has 0 atom stereocenters. The number of nitrogens with zero attached hydrogens (tertiary/aromatic N) is 2. The van der Waals surface area contributed by atoms with Gasteiger partial charge in [0.15, 0.2) is 0 Å². The van der Waals surface area contributed by atoms with E-state index < -0.39 is 0 Å². The Hall–Kier alpha value is -1.62. The molecule has 5 nitrogen and oxygen atoms in total. The highest BCUT2D eigenvalue weighted by atomic mass is 16.5. The van der Waals surface area contributed by atoms with Gasteiger partial charge in [-0.3, -0.25) is 4.79 Å². The van der Waals surface area contributed by atoms with Crippen LogP contribution in [-0.4, -0.2) is 49.6 Å². The summed E-state index contributed by atoms with van der Waals surface area (Å²) in [4.78, 5) is 18.8. The Bertz CT molecular complexity index is 447. The number of rotatable bonds is 7. The molecule has 5 heteroatoms. The second-order valence-electron chi connectivity index (χ2n) is 4.95. The zero-order chi connectivity index (χ0) is 15.1. The van der Waals surface area contributed by atoms with Crippen molar-refractivity contribution in [3.8, 4) is 0 Å². The van der Waals surface area contributed by atoms with Crippen LogP contribution in [0.2, 0.25) is 0 Å². The van der Waals surface area contributed by atoms with E-state index in [1.54, 1.807) is 18.1 Å². The van der Waals surface area contributed by atoms with Crippen molar-refractivity contribution in [2.24, 2.45) is 0 Å². The van der Waals surface area contributed by atoms with E-state index in [-0.39, 0.29) is 11.8 Å². The van der Waals surface area contributed by atoms with Gasteiger partial charge in [-0.15, -0.1) is 0 Å². The van der Waals surface area contributed by atoms with E-state index in [2.05, 4.69) is 24.1 Å². The average molecular weight is 279 g/mol. The Morgan fingerprint density at radius 3 is 2.65 bits per heavy atom. The third-order valence-corrected chi connectivity index (χ3v) is 3.17. The number of pyridine rings is 1. The minimum absolute atomic E-state index is 0.0188. The predicted molar refractivity (Wildman–Crippen MR) is 81.3 cm³/mol. The molecule has 0 saturated heterocycles. The standard InChI is InChI=1S/C15H25N3O2/c1-6-18(7-8-20-5)15(19)12-9-13(11(2)3)17-14(10-12)16-4/h9-11H,6-8H2,1-5H3,(H,16,17). The van der Waals surface area contributed by atoms with Crippen molar-refractivity contribution in [2.45, 2.75) is 26.7 Å². The molecule has 0 bridgehead atoms. The van der Waals surface area contributed by atoms with E-state index in [0.717, 1.165) is 11.5 Å². The summed E-state index contributed by atoms with van der Waals surface area (Å²) in [5.74, 6) is 1.02. The van der Waals surface area contributed by atoms with E-state index in [1.165, 1.54) is 0 Å². The monoisotopic (exact) mass is 279 g/mol. The highest BCUT2D eigenvalue weighted by molar-refractivity contribution is 5.95. The predicted octanol–water partition coefficient (Wildman–Crippen LogP) is 2.36. The molecule has 0 aliphatic rings. The molecule has 1 N–H and O–H groups in total. The van der Waals surface area contributed by atoms with Gasteiger partial charge in [0, 0.05) is 38.5 Å². The number of methoxy groups -OCH3 is 1. The van der Waals surface area contributed by atoms with Crippen LogP contribution in [0.3, 0.4) is 0 Å². The number of hydrogen-bond acceptors (Lipinski definition) is 4. The van der Waals surface area contributed by atoms with Gasteiger partial charge < -0.3 is 15.0 Å². The van der Waals surface area contributed by atoms with Crippen LogP contribution in [0.1, 0.15) is 42.7 Å². The maximum Gasteiger partial charge on any atom is 0.254 e. The van der Waals surface area contributed by atoms with Gasteiger partial charge in [-0.2, -0.15) is 0 Å². The minimum atomic E-state index is 0.0188. The van der Waals surface area contributed by atoms with Gasteiger partial charge >= 0.3 is 0 Å². The molecule has 1 amide bonds. The maximum atomic E-state index is 12.5. The largest absolute Gasteiger partial charge is 0.383 e. The number of carbonyl (C=O) groups excluding carboxylic acids is 1. The third kappa shape index (κ3) is 4.20. The highest BCUT2D eigenvalue weighted by Gasteiger charge is 2.16. The van der Waals surface area contributed by atoms with E-state index in [9.17, 15) is 4.79 Å². The molecular weight excluding hydrogens is 254 g/mol. The van der Waals surface area contributed by atoms with Crippen LogP contribution in [0.5, 0.6) is 0 Å². The molecule has 0 fully saturated rings. The van der Waals surface area contributed by atoms with E-state index in [4.69, 9.17) is 4.74 Å². The second-order valence-corrected chi connectivity index (χ2v) is 4.95. The van der Waals surface area contributed by atoms with Crippen molar-refractivity contribution in [3.05, 3.63) is 23.4 Å². The number of carbonyl (C=O) groups is 1. The first-order valence-corrected chi connectivity index (χ1v) is 7.01. The summed E-state index contributed by atoms with van der Waals surface area (Å²) in [6.45, 7) is 7.91. The van der Waals surface area contributed by atoms with Gasteiger partial charge in [-0.1, -0.05) is 13.8 Å². The van der Waals surface area contributed by atoms with Crippen LogP contribution in [0.25, 0.3) is 0 Å². The van der Waals surface area contributed by atoms with Crippen molar-refractivity contribution in [1.82, 2.24) is 9.88 Å². The van der Waals surface area contributed by atoms with Crippen molar-refractivity contribution in [2.75, 3.05) is 39.2 Å². The Labute approximate surface area is 121 Å². The first-order valence-electron chi connectivity index (χ1n) is 7.01. The van der Waals surface area contributed by atoms with Crippen molar-refractivity contribution >= 4 is 11.7 Å². The zero-order valence-electron chi connectivity index (χ0n) is 13.1. The van der Waals surface area contributed by atoms with Gasteiger partial charge in [-0.25, -0.2) is 4.98 Å². The minimum Gasteiger partial charge on any atom is -0.383 e. The second kappa shape index (κ2) is 7.85. The normalized spacial score (nSPS) is 10.7. The van der Waals surface area contributed by atoms with Crippen LogP contribution < -0.4 is 5.32 Å². The Kier molecular flexibility index (Phi) is 6.45. The molecule has 112 valence electrons. The van der Waals surface area contributed by atoms with Crippen LogP contribution in [0.15, 0.2) is 12.1 Å². The smallest absolute Gasteiger partial charge is 0.254 e. The van der Waals surface area contributed by atoms with Gasteiger partial charge in [0.2, 0.25) is 0 Å². The highest BCUT2D eigenvalue weighted by Crippen LogP contribution is 2.18. The van der Waals surface area contributed by atoms with Crippen LogP contribution in [0, 0.1) is 0 Å². The number of nitrogens with one attached hydrogen (secondary N) is 1. The van der Waals surface area contributed by atoms with E-state index >= 15 is 0 Å². The van der Waals surface area contributed by atoms with E-state index in [1.807, 2.05) is 20.0 Å². The summed E-state index contributed by atoms with van der Waals surface area (Å²) >= 11 is 0. The summed E-state index contributed by atoms with van der Waals surface area (Å²) < 4.78 is 5.05. The number of likely N-dealkylation sites (N-methyl/N-ethyl adjacent to an activating group) is 1. The summed E-state index contributed by atoms with van der Waals surface area (Å²) in [6.07, 6.45) is 0. The lowest BCUT2D eigenvalue weighted by Gasteiger charge is -2.21. The molecule has 0 unspecified atom stereocenters. The lowest BCUT2D eigenvalue weighted by molar-refractivity contribution is 0.0706. The lowest BCUT2D eigenvalue weighted by Crippen LogP contribution is -2.33. The molecule has 0 saturated carbocycles. The molecule has 20 heavy (non-hydrogen) atoms. The van der Waals surface area contributed by atoms with E-state index in [0.29, 0.717) is 25.3 Å². The van der Waals surface area contributed by atoms with Crippen LogP contribution in [0.4, 0.5) is 5.82 Å². The molecule has 1 aromatic rings. The molecule has 0 aliphatic carbocycles. The number of hydrogen-bond donors (Lipinski definition) is 1. The van der Waals surface area contributed by atoms with Gasteiger partial charge in [0.1, 0.15) is 5.82 Å². The number of amides is 1. The molecular formula is C15H25N3O2. The van der Waals surface area contributed by atoms with Crippen molar-refractivity contribution in [1.29, 1.82) is 0 Å². The molecule has 1 heterocycles.